The number of rotatable bonds is 7. The van der Waals surface area contributed by atoms with Crippen LogP contribution in [0, 0.1) is 0 Å². The molecule has 0 atom stereocenters. The molecule has 0 spiro atoms. The van der Waals surface area contributed by atoms with Gasteiger partial charge in [0.1, 0.15) is 10.1 Å². The molecule has 0 heterocycles. The molecular formula is C24H21N2NaO7S. The summed E-state index contributed by atoms with van der Waals surface area (Å²) >= 11 is 0. The summed E-state index contributed by atoms with van der Waals surface area (Å²) in [6.07, 6.45) is 0.456. The second kappa shape index (κ2) is 10.4. The van der Waals surface area contributed by atoms with Crippen LogP contribution in [0.25, 0.3) is 0 Å². The van der Waals surface area contributed by atoms with E-state index >= 15 is 0 Å². The number of ether oxygens (including phenoxy) is 2. The summed E-state index contributed by atoms with van der Waals surface area (Å²) in [5.74, 6) is 0.0124. The van der Waals surface area contributed by atoms with Crippen LogP contribution >= 0.6 is 0 Å². The number of methoxy groups -OCH3 is 2. The van der Waals surface area contributed by atoms with Crippen LogP contribution in [0.3, 0.4) is 0 Å². The minimum Gasteiger partial charge on any atom is -0.744 e. The van der Waals surface area contributed by atoms with Crippen LogP contribution in [0.2, 0.25) is 0 Å². The molecule has 11 heteroatoms. The van der Waals surface area contributed by atoms with Crippen molar-refractivity contribution in [3.8, 4) is 11.5 Å². The maximum absolute atomic E-state index is 13.3. The summed E-state index contributed by atoms with van der Waals surface area (Å²) < 4.78 is 46.1. The zero-order valence-corrected chi connectivity index (χ0v) is 22.2. The standard InChI is InChI=1S/C24H22N2O7S.Na/c1-32-17-8-7-13(11-18(17)33-2)9-10-26-16-12-19(34(29,30)31)22(25)21-20(16)23(27)14-5-3-4-6-15(14)24(21)28;/h3-8,11-12,26H,9-10,25H2,1-2H3,(H,29,30,31);/q;+1/p-1. The molecule has 1 aliphatic rings. The number of benzene rings is 3. The summed E-state index contributed by atoms with van der Waals surface area (Å²) in [5, 5.41) is 3.00. The molecular weight excluding hydrogens is 483 g/mol. The molecule has 0 aromatic heterocycles. The van der Waals surface area contributed by atoms with Gasteiger partial charge in [-0.2, -0.15) is 0 Å². The number of nitrogens with two attached hydrogens (primary N) is 1. The first kappa shape index (κ1) is 26.7. The SMILES string of the molecule is COc1ccc(CCNc2cc(S(=O)(=O)[O-])c(N)c3c2C(=O)c2ccccc2C3=O)cc1OC.[Na+]. The van der Waals surface area contributed by atoms with Gasteiger partial charge >= 0.3 is 29.6 Å². The molecule has 4 rings (SSSR count). The Morgan fingerprint density at radius 2 is 1.51 bits per heavy atom. The van der Waals surface area contributed by atoms with Crippen LogP contribution < -0.4 is 50.1 Å². The van der Waals surface area contributed by atoms with Gasteiger partial charge < -0.3 is 25.1 Å². The molecule has 35 heavy (non-hydrogen) atoms. The molecule has 3 aromatic carbocycles. The minimum atomic E-state index is -5.01. The van der Waals surface area contributed by atoms with Crippen LogP contribution in [0.15, 0.2) is 53.4 Å². The van der Waals surface area contributed by atoms with Gasteiger partial charge in [0, 0.05) is 23.4 Å². The zero-order chi connectivity index (χ0) is 24.6. The van der Waals surface area contributed by atoms with E-state index in [4.69, 9.17) is 15.2 Å². The number of nitrogens with one attached hydrogen (secondary N) is 1. The van der Waals surface area contributed by atoms with E-state index in [1.54, 1.807) is 24.3 Å². The van der Waals surface area contributed by atoms with Crippen molar-refractivity contribution in [2.24, 2.45) is 0 Å². The number of nitrogen functional groups attached to an aromatic ring is 1. The van der Waals surface area contributed by atoms with Crippen molar-refractivity contribution in [2.75, 3.05) is 31.8 Å². The average molecular weight is 504 g/mol. The van der Waals surface area contributed by atoms with E-state index in [1.165, 1.54) is 26.4 Å². The number of carbonyl (C=O) groups excluding carboxylic acids is 2. The number of ketones is 2. The fourth-order valence-corrected chi connectivity index (χ4v) is 4.65. The molecule has 0 saturated heterocycles. The van der Waals surface area contributed by atoms with E-state index in [0.29, 0.717) is 17.9 Å². The molecule has 0 fully saturated rings. The topological polar surface area (TPSA) is 148 Å². The molecule has 0 unspecified atom stereocenters. The van der Waals surface area contributed by atoms with Crippen molar-refractivity contribution >= 4 is 33.1 Å². The molecule has 3 aromatic rings. The van der Waals surface area contributed by atoms with Crippen LogP contribution in [0.5, 0.6) is 11.5 Å². The van der Waals surface area contributed by atoms with Gasteiger partial charge in [0.15, 0.2) is 23.1 Å². The summed E-state index contributed by atoms with van der Waals surface area (Å²) in [6.45, 7) is 0.257. The van der Waals surface area contributed by atoms with Crippen LogP contribution in [-0.2, 0) is 16.5 Å². The molecule has 176 valence electrons. The van der Waals surface area contributed by atoms with Gasteiger partial charge in [0.05, 0.1) is 35.9 Å². The van der Waals surface area contributed by atoms with Crippen LogP contribution in [0.1, 0.15) is 37.4 Å². The van der Waals surface area contributed by atoms with Crippen molar-refractivity contribution in [3.63, 3.8) is 0 Å². The third kappa shape index (κ3) is 4.93. The summed E-state index contributed by atoms with van der Waals surface area (Å²) in [7, 11) is -1.96. The van der Waals surface area contributed by atoms with Gasteiger partial charge in [-0.1, -0.05) is 30.3 Å². The zero-order valence-electron chi connectivity index (χ0n) is 19.4. The predicted molar refractivity (Wildman–Crippen MR) is 124 cm³/mol. The van der Waals surface area contributed by atoms with Crippen LogP contribution in [-0.4, -0.2) is 45.3 Å². The maximum atomic E-state index is 13.3. The Kier molecular flexibility index (Phi) is 7.93. The predicted octanol–water partition coefficient (Wildman–Crippen LogP) is -0.376. The Labute approximate surface area is 224 Å². The monoisotopic (exact) mass is 504 g/mol. The number of hydrogen-bond acceptors (Lipinski definition) is 9. The van der Waals surface area contributed by atoms with E-state index in [9.17, 15) is 22.6 Å². The van der Waals surface area contributed by atoms with Gasteiger partial charge in [0.25, 0.3) is 0 Å². The van der Waals surface area contributed by atoms with E-state index in [1.807, 2.05) is 6.07 Å². The van der Waals surface area contributed by atoms with Crippen molar-refractivity contribution in [1.29, 1.82) is 0 Å². The first-order chi connectivity index (χ1) is 16.2. The Hall–Kier alpha value is -2.89. The maximum Gasteiger partial charge on any atom is 1.00 e. The van der Waals surface area contributed by atoms with Crippen molar-refractivity contribution in [2.45, 2.75) is 11.3 Å². The van der Waals surface area contributed by atoms with E-state index in [0.717, 1.165) is 11.6 Å². The van der Waals surface area contributed by atoms with Crippen molar-refractivity contribution in [1.82, 2.24) is 0 Å². The second-order valence-corrected chi connectivity index (χ2v) is 8.96. The first-order valence-corrected chi connectivity index (χ1v) is 11.6. The quantitative estimate of drug-likeness (QED) is 0.195. The van der Waals surface area contributed by atoms with E-state index in [-0.39, 0.29) is 64.0 Å². The van der Waals surface area contributed by atoms with Gasteiger partial charge in [-0.15, -0.1) is 0 Å². The third-order valence-corrected chi connectivity index (χ3v) is 6.52. The summed E-state index contributed by atoms with van der Waals surface area (Å²) in [6, 6.07) is 12.6. The largest absolute Gasteiger partial charge is 1.00 e. The van der Waals surface area contributed by atoms with Gasteiger partial charge in [-0.05, 0) is 30.2 Å². The van der Waals surface area contributed by atoms with Crippen molar-refractivity contribution < 1.29 is 61.6 Å². The third-order valence-electron chi connectivity index (χ3n) is 5.65. The smallest absolute Gasteiger partial charge is 0.744 e. The van der Waals surface area contributed by atoms with Gasteiger partial charge in [-0.3, -0.25) is 9.59 Å². The Morgan fingerprint density at radius 1 is 0.914 bits per heavy atom. The average Bonchev–Trinajstić information content (AvgIpc) is 2.82. The molecule has 1 aliphatic carbocycles. The number of anilines is 2. The van der Waals surface area contributed by atoms with Gasteiger partial charge in [0.2, 0.25) is 0 Å². The van der Waals surface area contributed by atoms with Crippen molar-refractivity contribution in [3.05, 3.63) is 76.3 Å². The Bertz CT molecular complexity index is 1440. The summed E-state index contributed by atoms with van der Waals surface area (Å²) in [4.78, 5) is 25.7. The number of fused-ring (bicyclic) bond motifs is 2. The van der Waals surface area contributed by atoms with E-state index in [2.05, 4.69) is 5.32 Å². The molecule has 0 bridgehead atoms. The van der Waals surface area contributed by atoms with Gasteiger partial charge in [-0.25, -0.2) is 8.42 Å². The first-order valence-electron chi connectivity index (χ1n) is 10.2. The fraction of sp³-hybridized carbons (Fsp3) is 0.167. The molecule has 0 saturated carbocycles. The molecule has 0 aliphatic heterocycles. The molecule has 0 amide bonds. The van der Waals surface area contributed by atoms with Crippen LogP contribution in [0.4, 0.5) is 11.4 Å². The molecule has 9 nitrogen and oxygen atoms in total. The normalized spacial score (nSPS) is 12.3. The second-order valence-electron chi connectivity index (χ2n) is 7.61. The Balaban J connectivity index is 0.00000342. The summed E-state index contributed by atoms with van der Waals surface area (Å²) in [5.41, 5.74) is 6.28. The van der Waals surface area contributed by atoms with E-state index < -0.39 is 32.3 Å². The number of hydrogen-bond donors (Lipinski definition) is 2. The minimum absolute atomic E-state index is 0. The fourth-order valence-electron chi connectivity index (χ4n) is 4.02. The Morgan fingerprint density at radius 3 is 2.09 bits per heavy atom. The molecule has 0 radical (unpaired) electrons. The number of carbonyl (C=O) groups is 2. The molecule has 3 N–H and O–H groups in total.